The van der Waals surface area contributed by atoms with Gasteiger partial charge in [-0.2, -0.15) is 0 Å². The third kappa shape index (κ3) is 77.5. The molecule has 0 fully saturated rings. The van der Waals surface area contributed by atoms with Gasteiger partial charge in [0.2, 0.25) is 0 Å². The molecule has 0 heterocycles. The minimum atomic E-state index is -4.97. The number of hydrogen-bond acceptors (Lipinski definition) is 15. The van der Waals surface area contributed by atoms with E-state index >= 15 is 0 Å². The molecule has 0 aromatic heterocycles. The lowest BCUT2D eigenvalue weighted by molar-refractivity contribution is -0.161. The molecule has 0 amide bonds. The van der Waals surface area contributed by atoms with E-state index < -0.39 is 97.5 Å². The molecule has 0 saturated heterocycles. The summed E-state index contributed by atoms with van der Waals surface area (Å²) < 4.78 is 68.8. The number of phosphoric acid groups is 2. The van der Waals surface area contributed by atoms with Crippen molar-refractivity contribution in [1.29, 1.82) is 0 Å². The highest BCUT2D eigenvalue weighted by Crippen LogP contribution is 2.45. The number of allylic oxidation sites excluding steroid dienone is 4. The van der Waals surface area contributed by atoms with Crippen LogP contribution in [0.15, 0.2) is 24.3 Å². The average Bonchev–Trinajstić information content (AvgIpc) is 0.929. The summed E-state index contributed by atoms with van der Waals surface area (Å²) in [7, 11) is -9.94. The Bertz CT molecular complexity index is 2060. The summed E-state index contributed by atoms with van der Waals surface area (Å²) in [5.41, 5.74) is 0. The van der Waals surface area contributed by atoms with E-state index in [1.807, 2.05) is 0 Å². The molecule has 17 nitrogen and oxygen atoms in total. The molecule has 0 saturated carbocycles. The highest BCUT2D eigenvalue weighted by molar-refractivity contribution is 7.47. The number of ether oxygens (including phenoxy) is 4. The van der Waals surface area contributed by atoms with Crippen molar-refractivity contribution in [3.63, 3.8) is 0 Å². The van der Waals surface area contributed by atoms with Crippen molar-refractivity contribution in [3.05, 3.63) is 24.3 Å². The van der Waals surface area contributed by atoms with Gasteiger partial charge in [0.15, 0.2) is 12.2 Å². The summed E-state index contributed by atoms with van der Waals surface area (Å²) in [6.07, 6.45) is 71.4. The van der Waals surface area contributed by atoms with E-state index in [1.165, 1.54) is 238 Å². The zero-order chi connectivity index (χ0) is 75.5. The molecular weight excluding hydrogens is 1340 g/mol. The Labute approximate surface area is 631 Å². The molecule has 0 bridgehead atoms. The third-order valence-electron chi connectivity index (χ3n) is 19.2. The van der Waals surface area contributed by atoms with E-state index in [9.17, 15) is 43.2 Å². The molecule has 0 aromatic carbocycles. The van der Waals surface area contributed by atoms with Gasteiger partial charge in [-0.3, -0.25) is 37.3 Å². The summed E-state index contributed by atoms with van der Waals surface area (Å²) in [5.74, 6) is -1.33. The Morgan fingerprint density at radius 3 is 0.796 bits per heavy atom. The SMILES string of the molecule is CCCCCC/C=C\C=C/CCCCCCCC(=O)O[C@H](COC(=O)CCCCCCCCCCCCCCC)COP(=O)(O)OC[C@H](O)COP(=O)(O)OC[C@@H](COC(=O)CCCCCCCCCCCCCCCCC(C)C)OC(=O)CCCCCCCCCCCCCCCCCCCC. The fourth-order valence-electron chi connectivity index (χ4n) is 12.6. The number of hydrogen-bond donors (Lipinski definition) is 3. The smallest absolute Gasteiger partial charge is 0.462 e. The lowest BCUT2D eigenvalue weighted by Crippen LogP contribution is -2.30. The standard InChI is InChI=1S/C84H160O17P2/c1-6-9-12-15-18-21-24-27-29-30-31-33-40-45-50-55-60-65-70-84(89)101-80(74-95-82(87)68-63-58-53-48-43-38-35-34-37-41-46-51-56-61-66-77(4)5)76-99-103(92,93)97-72-78(85)71-96-102(90,91)98-75-79(73-94-81(86)67-62-57-52-47-42-36-26-23-20-17-14-11-8-3)100-83(88)69-64-59-54-49-44-39-32-28-25-22-19-16-13-10-7-2/h22,25,28,32,77-80,85H,6-21,23-24,26-27,29-31,33-76H2,1-5H3,(H,90,91)(H,92,93)/b25-22-,32-28-/t78-,79+,80+/m0/s1. The van der Waals surface area contributed by atoms with Gasteiger partial charge < -0.3 is 33.8 Å². The van der Waals surface area contributed by atoms with Gasteiger partial charge >= 0.3 is 39.5 Å². The zero-order valence-electron chi connectivity index (χ0n) is 66.9. The summed E-state index contributed by atoms with van der Waals surface area (Å²) >= 11 is 0. The van der Waals surface area contributed by atoms with Gasteiger partial charge in [-0.15, -0.1) is 0 Å². The van der Waals surface area contributed by atoms with E-state index in [0.717, 1.165) is 109 Å². The Hall–Kier alpha value is -2.46. The Kier molecular flexibility index (Phi) is 74.5. The van der Waals surface area contributed by atoms with Gasteiger partial charge in [0, 0.05) is 25.7 Å². The molecular formula is C84H160O17P2. The van der Waals surface area contributed by atoms with Gasteiger partial charge in [0.25, 0.3) is 0 Å². The topological polar surface area (TPSA) is 237 Å². The van der Waals surface area contributed by atoms with Gasteiger partial charge in [-0.1, -0.05) is 374 Å². The van der Waals surface area contributed by atoms with Crippen molar-refractivity contribution >= 4 is 39.5 Å². The zero-order valence-corrected chi connectivity index (χ0v) is 68.7. The first-order chi connectivity index (χ1) is 50.0. The summed E-state index contributed by atoms with van der Waals surface area (Å²) in [4.78, 5) is 73.2. The van der Waals surface area contributed by atoms with E-state index in [4.69, 9.17) is 37.0 Å². The van der Waals surface area contributed by atoms with Crippen molar-refractivity contribution in [3.8, 4) is 0 Å². The molecule has 0 aliphatic heterocycles. The van der Waals surface area contributed by atoms with Crippen LogP contribution in [0, 0.1) is 5.92 Å². The minimum Gasteiger partial charge on any atom is -0.462 e. The van der Waals surface area contributed by atoms with Crippen molar-refractivity contribution in [1.82, 2.24) is 0 Å². The fraction of sp³-hybridized carbons (Fsp3) is 0.905. The van der Waals surface area contributed by atoms with Gasteiger partial charge in [-0.05, 0) is 57.3 Å². The van der Waals surface area contributed by atoms with Crippen molar-refractivity contribution < 1.29 is 80.2 Å². The monoisotopic (exact) mass is 1500 g/mol. The second kappa shape index (κ2) is 76.3. The Balaban J connectivity index is 5.30. The van der Waals surface area contributed by atoms with E-state index in [2.05, 4.69) is 58.9 Å². The molecule has 103 heavy (non-hydrogen) atoms. The Morgan fingerprint density at radius 1 is 0.301 bits per heavy atom. The molecule has 19 heteroatoms. The molecule has 0 radical (unpaired) electrons. The van der Waals surface area contributed by atoms with Crippen LogP contribution in [-0.2, 0) is 65.4 Å². The normalized spacial score (nSPS) is 14.0. The van der Waals surface area contributed by atoms with Crippen LogP contribution in [0.4, 0.5) is 0 Å². The maximum absolute atomic E-state index is 13.1. The maximum atomic E-state index is 13.1. The van der Waals surface area contributed by atoms with Crippen LogP contribution in [0.1, 0.15) is 426 Å². The number of carbonyl (C=O) groups excluding carboxylic acids is 4. The first-order valence-electron chi connectivity index (χ1n) is 43.0. The Morgan fingerprint density at radius 2 is 0.524 bits per heavy atom. The van der Waals surface area contributed by atoms with E-state index in [0.29, 0.717) is 25.7 Å². The number of phosphoric ester groups is 2. The van der Waals surface area contributed by atoms with Crippen LogP contribution >= 0.6 is 15.6 Å². The van der Waals surface area contributed by atoms with Gasteiger partial charge in [-0.25, -0.2) is 9.13 Å². The summed E-state index contributed by atoms with van der Waals surface area (Å²) in [6, 6.07) is 0. The molecule has 0 aliphatic rings. The molecule has 608 valence electrons. The highest BCUT2D eigenvalue weighted by Gasteiger charge is 2.30. The minimum absolute atomic E-state index is 0.0859. The van der Waals surface area contributed by atoms with Crippen LogP contribution in [0.2, 0.25) is 0 Å². The summed E-state index contributed by atoms with van der Waals surface area (Å²) in [6.45, 7) is 7.31. The lowest BCUT2D eigenvalue weighted by Gasteiger charge is -2.21. The number of aliphatic hydroxyl groups is 1. The fourth-order valence-corrected chi connectivity index (χ4v) is 14.2. The number of rotatable bonds is 82. The number of aliphatic hydroxyl groups excluding tert-OH is 1. The van der Waals surface area contributed by atoms with Crippen LogP contribution in [0.25, 0.3) is 0 Å². The molecule has 0 aliphatic carbocycles. The summed E-state index contributed by atoms with van der Waals surface area (Å²) in [5, 5.41) is 10.7. The second-order valence-electron chi connectivity index (χ2n) is 30.0. The van der Waals surface area contributed by atoms with Gasteiger partial charge in [0.05, 0.1) is 26.4 Å². The molecule has 5 atom stereocenters. The predicted octanol–water partition coefficient (Wildman–Crippen LogP) is 25.1. The largest absolute Gasteiger partial charge is 0.472 e. The molecule has 0 spiro atoms. The molecule has 2 unspecified atom stereocenters. The molecule has 0 rings (SSSR count). The van der Waals surface area contributed by atoms with Gasteiger partial charge in [0.1, 0.15) is 19.3 Å². The van der Waals surface area contributed by atoms with Crippen molar-refractivity contribution in [2.24, 2.45) is 5.92 Å². The second-order valence-corrected chi connectivity index (χ2v) is 32.9. The van der Waals surface area contributed by atoms with Crippen LogP contribution in [-0.4, -0.2) is 96.7 Å². The third-order valence-corrected chi connectivity index (χ3v) is 21.1. The highest BCUT2D eigenvalue weighted by atomic mass is 31.2. The number of carbonyl (C=O) groups is 4. The first-order valence-corrected chi connectivity index (χ1v) is 45.9. The first kappa shape index (κ1) is 101. The van der Waals surface area contributed by atoms with Crippen molar-refractivity contribution in [2.75, 3.05) is 39.6 Å². The lowest BCUT2D eigenvalue weighted by atomic mass is 10.0. The molecule has 3 N–H and O–H groups in total. The quantitative estimate of drug-likeness (QED) is 0.0169. The van der Waals surface area contributed by atoms with E-state index in [-0.39, 0.29) is 25.7 Å². The maximum Gasteiger partial charge on any atom is 0.472 e. The number of unbranched alkanes of at least 4 members (excludes halogenated alkanes) is 51. The average molecular weight is 1500 g/mol. The van der Waals surface area contributed by atoms with Crippen LogP contribution < -0.4 is 0 Å². The number of esters is 4. The molecule has 0 aromatic rings. The van der Waals surface area contributed by atoms with E-state index in [1.54, 1.807) is 0 Å². The predicted molar refractivity (Wildman–Crippen MR) is 423 cm³/mol. The van der Waals surface area contributed by atoms with Crippen LogP contribution in [0.3, 0.4) is 0 Å². The van der Waals surface area contributed by atoms with Crippen molar-refractivity contribution in [2.45, 2.75) is 445 Å². The van der Waals surface area contributed by atoms with Crippen LogP contribution in [0.5, 0.6) is 0 Å².